The Balaban J connectivity index is 1.68. The van der Waals surface area contributed by atoms with Gasteiger partial charge in [-0.05, 0) is 56.5 Å². The highest BCUT2D eigenvalue weighted by atomic mass is 19.4. The smallest absolute Gasteiger partial charge is 0.417 e. The van der Waals surface area contributed by atoms with Crippen LogP contribution in [0.4, 0.5) is 13.2 Å². The quantitative estimate of drug-likeness (QED) is 0.844. The first-order valence-corrected chi connectivity index (χ1v) is 9.13. The SMILES string of the molecule is CC(N)C1CCCCN1C(=O)c1ccc(Oc2ccc(C(F)(F)F)cn2)cc1. The summed E-state index contributed by atoms with van der Waals surface area (Å²) in [5.41, 5.74) is 5.70. The molecule has 1 amide bonds. The second kappa shape index (κ2) is 8.18. The van der Waals surface area contributed by atoms with Crippen LogP contribution < -0.4 is 10.5 Å². The van der Waals surface area contributed by atoms with Crippen LogP contribution in [-0.4, -0.2) is 34.4 Å². The van der Waals surface area contributed by atoms with E-state index in [1.807, 2.05) is 11.8 Å². The molecule has 3 rings (SSSR count). The molecule has 2 heterocycles. The maximum Gasteiger partial charge on any atom is 0.417 e. The van der Waals surface area contributed by atoms with E-state index in [2.05, 4.69) is 4.98 Å². The number of hydrogen-bond donors (Lipinski definition) is 1. The number of likely N-dealkylation sites (tertiary alicyclic amines) is 1. The molecule has 5 nitrogen and oxygen atoms in total. The highest BCUT2D eigenvalue weighted by Gasteiger charge is 2.31. The molecule has 0 aliphatic carbocycles. The topological polar surface area (TPSA) is 68.5 Å². The minimum absolute atomic E-state index is 0.0218. The van der Waals surface area contributed by atoms with Crippen LogP contribution in [0.25, 0.3) is 0 Å². The summed E-state index contributed by atoms with van der Waals surface area (Å²) in [6.45, 7) is 2.59. The first kappa shape index (κ1) is 20.1. The Morgan fingerprint density at radius 3 is 2.50 bits per heavy atom. The molecular weight excluding hydrogens is 371 g/mol. The van der Waals surface area contributed by atoms with Gasteiger partial charge >= 0.3 is 6.18 Å². The molecule has 1 fully saturated rings. The maximum absolute atomic E-state index is 12.8. The van der Waals surface area contributed by atoms with Crippen molar-refractivity contribution in [3.05, 3.63) is 53.7 Å². The lowest BCUT2D eigenvalue weighted by Crippen LogP contribution is -2.51. The van der Waals surface area contributed by atoms with E-state index in [0.29, 0.717) is 17.9 Å². The molecule has 1 aromatic heterocycles. The molecule has 2 aromatic rings. The Hall–Kier alpha value is -2.61. The van der Waals surface area contributed by atoms with Crippen LogP contribution in [0.5, 0.6) is 11.6 Å². The van der Waals surface area contributed by atoms with Crippen LogP contribution in [0.3, 0.4) is 0 Å². The van der Waals surface area contributed by atoms with Crippen LogP contribution in [-0.2, 0) is 6.18 Å². The third-order valence-electron chi connectivity index (χ3n) is 4.80. The number of piperidine rings is 1. The van der Waals surface area contributed by atoms with E-state index in [0.717, 1.165) is 37.6 Å². The molecule has 2 N–H and O–H groups in total. The summed E-state index contributed by atoms with van der Waals surface area (Å²) < 4.78 is 43.2. The van der Waals surface area contributed by atoms with Crippen molar-refractivity contribution >= 4 is 5.91 Å². The molecule has 0 radical (unpaired) electrons. The number of amides is 1. The molecule has 0 bridgehead atoms. The van der Waals surface area contributed by atoms with Crippen molar-refractivity contribution < 1.29 is 22.7 Å². The molecule has 2 unspecified atom stereocenters. The average molecular weight is 393 g/mol. The lowest BCUT2D eigenvalue weighted by Gasteiger charge is -2.38. The van der Waals surface area contributed by atoms with Crippen molar-refractivity contribution in [2.75, 3.05) is 6.54 Å². The number of carbonyl (C=O) groups is 1. The van der Waals surface area contributed by atoms with E-state index >= 15 is 0 Å². The van der Waals surface area contributed by atoms with Gasteiger partial charge in [-0.3, -0.25) is 4.79 Å². The highest BCUT2D eigenvalue weighted by Crippen LogP contribution is 2.30. The Morgan fingerprint density at radius 2 is 1.93 bits per heavy atom. The number of rotatable bonds is 4. The molecule has 1 aliphatic heterocycles. The minimum Gasteiger partial charge on any atom is -0.439 e. The lowest BCUT2D eigenvalue weighted by atomic mass is 9.96. The van der Waals surface area contributed by atoms with Crippen LogP contribution >= 0.6 is 0 Å². The fraction of sp³-hybridized carbons (Fsp3) is 0.400. The molecule has 0 spiro atoms. The zero-order chi connectivity index (χ0) is 20.3. The molecule has 1 aromatic carbocycles. The highest BCUT2D eigenvalue weighted by molar-refractivity contribution is 5.94. The fourth-order valence-electron chi connectivity index (χ4n) is 3.32. The largest absolute Gasteiger partial charge is 0.439 e. The molecule has 150 valence electrons. The monoisotopic (exact) mass is 393 g/mol. The summed E-state index contributed by atoms with van der Waals surface area (Å²) in [4.78, 5) is 18.3. The van der Waals surface area contributed by atoms with Gasteiger partial charge in [0.1, 0.15) is 5.75 Å². The van der Waals surface area contributed by atoms with Gasteiger partial charge in [0.2, 0.25) is 5.88 Å². The number of halogens is 3. The molecule has 2 atom stereocenters. The van der Waals surface area contributed by atoms with E-state index in [1.54, 1.807) is 24.3 Å². The van der Waals surface area contributed by atoms with Crippen molar-refractivity contribution in [3.63, 3.8) is 0 Å². The number of ether oxygens (including phenoxy) is 1. The van der Waals surface area contributed by atoms with Crippen molar-refractivity contribution in [2.24, 2.45) is 5.73 Å². The Labute approximate surface area is 161 Å². The molecule has 28 heavy (non-hydrogen) atoms. The van der Waals surface area contributed by atoms with Crippen LogP contribution in [0.2, 0.25) is 0 Å². The third-order valence-corrected chi connectivity index (χ3v) is 4.80. The number of alkyl halides is 3. The Kier molecular flexibility index (Phi) is 5.88. The number of aromatic nitrogens is 1. The van der Waals surface area contributed by atoms with Gasteiger partial charge < -0.3 is 15.4 Å². The van der Waals surface area contributed by atoms with Gasteiger partial charge in [0.05, 0.1) is 5.56 Å². The zero-order valence-electron chi connectivity index (χ0n) is 15.4. The number of hydrogen-bond acceptors (Lipinski definition) is 4. The molecular formula is C20H22F3N3O2. The molecule has 0 saturated carbocycles. The first-order chi connectivity index (χ1) is 13.3. The van der Waals surface area contributed by atoms with Crippen molar-refractivity contribution in [3.8, 4) is 11.6 Å². The van der Waals surface area contributed by atoms with Gasteiger partial charge in [-0.1, -0.05) is 0 Å². The summed E-state index contributed by atoms with van der Waals surface area (Å²) >= 11 is 0. The Morgan fingerprint density at radius 1 is 1.21 bits per heavy atom. The second-order valence-corrected chi connectivity index (χ2v) is 6.93. The number of benzene rings is 1. The Bertz CT molecular complexity index is 805. The van der Waals surface area contributed by atoms with Gasteiger partial charge in [-0.25, -0.2) is 4.98 Å². The van der Waals surface area contributed by atoms with Crippen molar-refractivity contribution in [1.29, 1.82) is 0 Å². The number of pyridine rings is 1. The normalized spacial score (nSPS) is 18.6. The standard InChI is InChI=1S/C20H22F3N3O2/c1-13(24)17-4-2-3-11-26(17)19(27)14-5-8-16(9-6-14)28-18-10-7-15(12-25-18)20(21,22)23/h5-10,12-13,17H,2-4,11,24H2,1H3. The van der Waals surface area contributed by atoms with Gasteiger partial charge in [-0.15, -0.1) is 0 Å². The summed E-state index contributed by atoms with van der Waals surface area (Å²) in [7, 11) is 0. The van der Waals surface area contributed by atoms with Gasteiger partial charge in [0.15, 0.2) is 0 Å². The van der Waals surface area contributed by atoms with E-state index in [-0.39, 0.29) is 23.9 Å². The predicted molar refractivity (Wildman–Crippen MR) is 98.1 cm³/mol. The fourth-order valence-corrected chi connectivity index (χ4v) is 3.32. The number of carbonyl (C=O) groups excluding carboxylic acids is 1. The first-order valence-electron chi connectivity index (χ1n) is 9.13. The lowest BCUT2D eigenvalue weighted by molar-refractivity contribution is -0.137. The minimum atomic E-state index is -4.44. The predicted octanol–water partition coefficient (Wildman–Crippen LogP) is 4.23. The number of nitrogens with zero attached hydrogens (tertiary/aromatic N) is 2. The van der Waals surface area contributed by atoms with E-state index < -0.39 is 11.7 Å². The zero-order valence-corrected chi connectivity index (χ0v) is 15.4. The van der Waals surface area contributed by atoms with Crippen LogP contribution in [0, 0.1) is 0 Å². The van der Waals surface area contributed by atoms with Crippen LogP contribution in [0.15, 0.2) is 42.6 Å². The summed E-state index contributed by atoms with van der Waals surface area (Å²) in [6, 6.07) is 8.44. The molecule has 8 heteroatoms. The summed E-state index contributed by atoms with van der Waals surface area (Å²) in [5, 5.41) is 0. The summed E-state index contributed by atoms with van der Waals surface area (Å²) in [6.07, 6.45) is -0.818. The number of nitrogens with two attached hydrogens (primary N) is 1. The van der Waals surface area contributed by atoms with Gasteiger partial charge in [-0.2, -0.15) is 13.2 Å². The van der Waals surface area contributed by atoms with Crippen LogP contribution in [0.1, 0.15) is 42.1 Å². The molecule has 1 aliphatic rings. The summed E-state index contributed by atoms with van der Waals surface area (Å²) in [5.74, 6) is 0.340. The second-order valence-electron chi connectivity index (χ2n) is 6.93. The van der Waals surface area contributed by atoms with E-state index in [9.17, 15) is 18.0 Å². The maximum atomic E-state index is 12.8. The van der Waals surface area contributed by atoms with Gasteiger partial charge in [0, 0.05) is 36.5 Å². The van der Waals surface area contributed by atoms with E-state index in [4.69, 9.17) is 10.5 Å². The van der Waals surface area contributed by atoms with Crippen molar-refractivity contribution in [2.45, 2.75) is 44.4 Å². The third kappa shape index (κ3) is 4.62. The van der Waals surface area contributed by atoms with E-state index in [1.165, 1.54) is 0 Å². The van der Waals surface area contributed by atoms with Gasteiger partial charge in [0.25, 0.3) is 5.91 Å². The average Bonchev–Trinajstić information content (AvgIpc) is 2.68. The molecule has 1 saturated heterocycles. The van der Waals surface area contributed by atoms with Crippen molar-refractivity contribution in [1.82, 2.24) is 9.88 Å².